The topological polar surface area (TPSA) is 104 Å². The van der Waals surface area contributed by atoms with Gasteiger partial charge in [0.25, 0.3) is 5.56 Å². The third-order valence-corrected chi connectivity index (χ3v) is 4.64. The molecule has 0 aliphatic heterocycles. The second kappa shape index (κ2) is 7.12. The molecule has 0 bridgehead atoms. The van der Waals surface area contributed by atoms with Gasteiger partial charge < -0.3 is 4.74 Å². The van der Waals surface area contributed by atoms with Crippen molar-refractivity contribution in [2.45, 2.75) is 20.6 Å². The van der Waals surface area contributed by atoms with Crippen LogP contribution in [0.4, 0.5) is 4.39 Å². The first-order valence-electron chi connectivity index (χ1n) is 8.15. The number of aryl methyl sites for hydroxylation is 3. The van der Waals surface area contributed by atoms with Crippen LogP contribution in [0.1, 0.15) is 27.4 Å². The van der Waals surface area contributed by atoms with Crippen LogP contribution in [0.5, 0.6) is 5.75 Å². The van der Waals surface area contributed by atoms with Crippen molar-refractivity contribution in [2.75, 3.05) is 0 Å². The number of benzene rings is 1. The molecule has 0 fully saturated rings. The van der Waals surface area contributed by atoms with Crippen molar-refractivity contribution in [3.8, 4) is 5.75 Å². The van der Waals surface area contributed by atoms with Gasteiger partial charge >= 0.3 is 5.69 Å². The number of hydrogen-bond donors (Lipinski definition) is 1. The Morgan fingerprint density at radius 2 is 1.96 bits per heavy atom. The third kappa shape index (κ3) is 3.15. The van der Waals surface area contributed by atoms with Gasteiger partial charge in [-0.2, -0.15) is 9.78 Å². The number of H-pyrrole nitrogens is 1. The van der Waals surface area contributed by atoms with E-state index in [4.69, 9.17) is 16.3 Å². The molecule has 0 radical (unpaired) electrons. The highest BCUT2D eigenvalue weighted by atomic mass is 35.5. The molecular formula is C17H17ClFN5O4. The van der Waals surface area contributed by atoms with Gasteiger partial charge in [0, 0.05) is 19.8 Å². The molecule has 0 saturated heterocycles. The summed E-state index contributed by atoms with van der Waals surface area (Å²) in [4.78, 5) is 36.8. The summed E-state index contributed by atoms with van der Waals surface area (Å²) in [5.41, 5.74) is -1.26. The molecule has 1 N–H and O–H groups in total. The van der Waals surface area contributed by atoms with Crippen molar-refractivity contribution in [1.29, 1.82) is 0 Å². The standard InChI is InChI=1S/C17H17ClFN5O4/c1-8-12(16(26)23(4)20-8)14(25)10-5-6-11(18)15(13(10)19)28-7-24-17(27)22(3)9(2)21-24/h5-6,20H,7H2,1-4H3. The minimum Gasteiger partial charge on any atom is -0.466 e. The highest BCUT2D eigenvalue weighted by molar-refractivity contribution is 6.32. The normalized spacial score (nSPS) is 11.1. The fourth-order valence-electron chi connectivity index (χ4n) is 2.73. The van der Waals surface area contributed by atoms with Gasteiger partial charge in [-0.1, -0.05) is 11.6 Å². The highest BCUT2D eigenvalue weighted by Crippen LogP contribution is 2.31. The van der Waals surface area contributed by atoms with Crippen LogP contribution in [-0.4, -0.2) is 29.9 Å². The van der Waals surface area contributed by atoms with Crippen LogP contribution in [0, 0.1) is 19.7 Å². The molecule has 0 unspecified atom stereocenters. The second-order valence-corrected chi connectivity index (χ2v) is 6.61. The highest BCUT2D eigenvalue weighted by Gasteiger charge is 2.25. The number of nitrogens with one attached hydrogen (secondary N) is 1. The van der Waals surface area contributed by atoms with Crippen molar-refractivity contribution >= 4 is 17.4 Å². The number of aromatic amines is 1. The number of carbonyl (C=O) groups is 1. The summed E-state index contributed by atoms with van der Waals surface area (Å²) in [6.45, 7) is 2.76. The second-order valence-electron chi connectivity index (χ2n) is 6.20. The van der Waals surface area contributed by atoms with E-state index in [0.29, 0.717) is 11.5 Å². The maximum Gasteiger partial charge on any atom is 0.348 e. The van der Waals surface area contributed by atoms with Crippen molar-refractivity contribution in [3.63, 3.8) is 0 Å². The molecule has 0 saturated carbocycles. The van der Waals surface area contributed by atoms with Gasteiger partial charge in [-0.25, -0.2) is 9.18 Å². The zero-order chi connectivity index (χ0) is 20.7. The molecule has 0 aliphatic rings. The summed E-state index contributed by atoms with van der Waals surface area (Å²) in [5, 5.41) is 6.57. The molecule has 0 atom stereocenters. The molecule has 0 spiro atoms. The largest absolute Gasteiger partial charge is 0.466 e. The maximum absolute atomic E-state index is 15.0. The summed E-state index contributed by atoms with van der Waals surface area (Å²) < 4.78 is 23.7. The smallest absolute Gasteiger partial charge is 0.348 e. The molecule has 28 heavy (non-hydrogen) atoms. The van der Waals surface area contributed by atoms with Crippen molar-refractivity contribution in [3.05, 3.63) is 66.5 Å². The summed E-state index contributed by atoms with van der Waals surface area (Å²) in [6.07, 6.45) is 0. The molecule has 0 aliphatic carbocycles. The number of halogens is 2. The number of ether oxygens (including phenoxy) is 1. The van der Waals surface area contributed by atoms with Crippen molar-refractivity contribution in [1.82, 2.24) is 24.1 Å². The third-order valence-electron chi connectivity index (χ3n) is 4.34. The fraction of sp³-hybridized carbons (Fsp3) is 0.294. The lowest BCUT2D eigenvalue weighted by atomic mass is 10.0. The number of aromatic nitrogens is 5. The van der Waals surface area contributed by atoms with Crippen LogP contribution in [0.25, 0.3) is 0 Å². The SMILES string of the molecule is Cc1[nH]n(C)c(=O)c1C(=O)c1ccc(Cl)c(OCn2nc(C)n(C)c2=O)c1F. The van der Waals surface area contributed by atoms with Crippen LogP contribution in [-0.2, 0) is 20.8 Å². The Hall–Kier alpha value is -3.14. The fourth-order valence-corrected chi connectivity index (χ4v) is 2.93. The van der Waals surface area contributed by atoms with Crippen LogP contribution >= 0.6 is 11.6 Å². The molecule has 148 valence electrons. The van der Waals surface area contributed by atoms with E-state index in [1.165, 1.54) is 37.7 Å². The van der Waals surface area contributed by atoms with Gasteiger partial charge in [0.15, 0.2) is 18.3 Å². The van der Waals surface area contributed by atoms with Crippen molar-refractivity contribution < 1.29 is 13.9 Å². The zero-order valence-corrected chi connectivity index (χ0v) is 16.3. The molecule has 1 aromatic carbocycles. The Morgan fingerprint density at radius 1 is 1.29 bits per heavy atom. The molecule has 2 aromatic heterocycles. The number of hydrogen-bond acceptors (Lipinski definition) is 5. The van der Waals surface area contributed by atoms with E-state index in [1.54, 1.807) is 6.92 Å². The summed E-state index contributed by atoms with van der Waals surface area (Å²) in [7, 11) is 2.99. The maximum atomic E-state index is 15.0. The average molecular weight is 410 g/mol. The molecule has 3 rings (SSSR count). The predicted molar refractivity (Wildman–Crippen MR) is 98.4 cm³/mol. The molecule has 2 heterocycles. The lowest BCUT2D eigenvalue weighted by molar-refractivity contribution is 0.103. The van der Waals surface area contributed by atoms with E-state index in [2.05, 4.69) is 10.2 Å². The lowest BCUT2D eigenvalue weighted by Gasteiger charge is -2.11. The minimum atomic E-state index is -1.03. The summed E-state index contributed by atoms with van der Waals surface area (Å²) in [5.74, 6) is -1.79. The van der Waals surface area contributed by atoms with E-state index in [1.807, 2.05) is 0 Å². The molecule has 3 aromatic rings. The van der Waals surface area contributed by atoms with Crippen LogP contribution in [0.3, 0.4) is 0 Å². The van der Waals surface area contributed by atoms with Gasteiger partial charge in [0.1, 0.15) is 11.4 Å². The van der Waals surface area contributed by atoms with Gasteiger partial charge in [-0.3, -0.25) is 23.9 Å². The lowest BCUT2D eigenvalue weighted by Crippen LogP contribution is -2.25. The minimum absolute atomic E-state index is 0.0894. The Kier molecular flexibility index (Phi) is 4.99. The number of rotatable bonds is 5. The van der Waals surface area contributed by atoms with E-state index in [-0.39, 0.29) is 16.1 Å². The van der Waals surface area contributed by atoms with E-state index < -0.39 is 35.3 Å². The number of nitrogens with zero attached hydrogens (tertiary/aromatic N) is 4. The Balaban J connectivity index is 1.98. The zero-order valence-electron chi connectivity index (χ0n) is 15.5. The molecule has 0 amide bonds. The van der Waals surface area contributed by atoms with E-state index in [0.717, 1.165) is 9.36 Å². The quantitative estimate of drug-likeness (QED) is 0.639. The molecule has 9 nitrogen and oxygen atoms in total. The number of ketones is 1. The summed E-state index contributed by atoms with van der Waals surface area (Å²) >= 11 is 6.00. The van der Waals surface area contributed by atoms with Crippen molar-refractivity contribution in [2.24, 2.45) is 14.1 Å². The Bertz CT molecular complexity index is 1200. The monoisotopic (exact) mass is 409 g/mol. The van der Waals surface area contributed by atoms with Gasteiger partial charge in [0.05, 0.1) is 10.6 Å². The Morgan fingerprint density at radius 3 is 2.50 bits per heavy atom. The molecular weight excluding hydrogens is 393 g/mol. The van der Waals surface area contributed by atoms with Gasteiger partial charge in [-0.15, -0.1) is 0 Å². The summed E-state index contributed by atoms with van der Waals surface area (Å²) in [6, 6.07) is 2.46. The van der Waals surface area contributed by atoms with Gasteiger partial charge in [0.2, 0.25) is 5.78 Å². The first-order chi connectivity index (χ1) is 13.1. The Labute approximate surface area is 162 Å². The molecule has 11 heteroatoms. The van der Waals surface area contributed by atoms with Crippen LogP contribution < -0.4 is 16.0 Å². The predicted octanol–water partition coefficient (Wildman–Crippen LogP) is 1.29. The first kappa shape index (κ1) is 19.6. The van der Waals surface area contributed by atoms with E-state index in [9.17, 15) is 18.8 Å². The van der Waals surface area contributed by atoms with Gasteiger partial charge in [-0.05, 0) is 26.0 Å². The number of carbonyl (C=O) groups excluding carboxylic acids is 1. The van der Waals surface area contributed by atoms with E-state index >= 15 is 0 Å². The average Bonchev–Trinajstić information content (AvgIpc) is 3.03. The van der Waals surface area contributed by atoms with Crippen LogP contribution in [0.15, 0.2) is 21.7 Å². The van der Waals surface area contributed by atoms with Crippen LogP contribution in [0.2, 0.25) is 5.02 Å². The first-order valence-corrected chi connectivity index (χ1v) is 8.52.